The van der Waals surface area contributed by atoms with Crippen molar-refractivity contribution in [1.29, 1.82) is 0 Å². The zero-order valence-electron chi connectivity index (χ0n) is 55.6. The molecule has 0 fully saturated rings. The fourth-order valence-electron chi connectivity index (χ4n) is 12.0. The summed E-state index contributed by atoms with van der Waals surface area (Å²) >= 11 is 0. The SMILES string of the molecule is CCCCCCCCCCCCCCCCCCCCCCCCCCCCCCCCCCCC(=O)OCC(COC(=O)CCCCCCC)OC(=O)CCCCCCCCCCCCCCCCCCCCCCCCCCC. The van der Waals surface area contributed by atoms with Gasteiger partial charge in [-0.1, -0.05) is 406 Å². The van der Waals surface area contributed by atoms with E-state index in [2.05, 4.69) is 20.8 Å². The summed E-state index contributed by atoms with van der Waals surface area (Å²) in [6, 6.07) is 0. The second-order valence-corrected chi connectivity index (χ2v) is 25.9. The molecule has 0 aromatic rings. The molecule has 0 radical (unpaired) electrons. The highest BCUT2D eigenvalue weighted by atomic mass is 16.6. The Morgan fingerprint density at radius 1 is 0.198 bits per heavy atom. The van der Waals surface area contributed by atoms with Crippen molar-refractivity contribution >= 4 is 17.9 Å². The predicted octanol–water partition coefficient (Wildman–Crippen LogP) is 25.8. The number of rotatable bonds is 71. The zero-order chi connectivity index (χ0) is 58.5. The summed E-state index contributed by atoms with van der Waals surface area (Å²) in [6.45, 7) is 6.66. The monoisotopic (exact) mass is 1140 g/mol. The zero-order valence-corrected chi connectivity index (χ0v) is 55.6. The average molecular weight is 1140 g/mol. The molecule has 482 valence electrons. The molecule has 1 unspecified atom stereocenters. The maximum absolute atomic E-state index is 12.9. The fraction of sp³-hybridized carbons (Fsp3) is 0.960. The fourth-order valence-corrected chi connectivity index (χ4v) is 12.0. The minimum atomic E-state index is -0.761. The molecule has 6 nitrogen and oxygen atoms in total. The summed E-state index contributed by atoms with van der Waals surface area (Å²) in [4.78, 5) is 38.0. The van der Waals surface area contributed by atoms with Gasteiger partial charge in [0.2, 0.25) is 0 Å². The van der Waals surface area contributed by atoms with E-state index in [9.17, 15) is 14.4 Å². The van der Waals surface area contributed by atoms with Gasteiger partial charge in [-0.25, -0.2) is 0 Å². The molecule has 0 rings (SSSR count). The normalized spacial score (nSPS) is 11.9. The third-order valence-electron chi connectivity index (χ3n) is 17.6. The van der Waals surface area contributed by atoms with Gasteiger partial charge in [-0.05, 0) is 19.3 Å². The van der Waals surface area contributed by atoms with Gasteiger partial charge in [0.05, 0.1) is 0 Å². The van der Waals surface area contributed by atoms with Gasteiger partial charge in [-0.2, -0.15) is 0 Å². The highest BCUT2D eigenvalue weighted by molar-refractivity contribution is 5.71. The van der Waals surface area contributed by atoms with Crippen molar-refractivity contribution in [3.63, 3.8) is 0 Å². The highest BCUT2D eigenvalue weighted by Gasteiger charge is 2.20. The van der Waals surface area contributed by atoms with E-state index in [-0.39, 0.29) is 31.1 Å². The Morgan fingerprint density at radius 2 is 0.333 bits per heavy atom. The Hall–Kier alpha value is -1.59. The first-order valence-electron chi connectivity index (χ1n) is 37.5. The van der Waals surface area contributed by atoms with Gasteiger partial charge in [-0.15, -0.1) is 0 Å². The lowest BCUT2D eigenvalue weighted by molar-refractivity contribution is -0.167. The predicted molar refractivity (Wildman–Crippen MR) is 354 cm³/mol. The van der Waals surface area contributed by atoms with Crippen LogP contribution >= 0.6 is 0 Å². The number of carbonyl (C=O) groups excluding carboxylic acids is 3. The molecule has 0 spiro atoms. The quantitative estimate of drug-likeness (QED) is 0.0343. The van der Waals surface area contributed by atoms with Crippen LogP contribution in [0.3, 0.4) is 0 Å². The van der Waals surface area contributed by atoms with Crippen LogP contribution in [-0.2, 0) is 28.6 Å². The lowest BCUT2D eigenvalue weighted by atomic mass is 10.0. The average Bonchev–Trinajstić information content (AvgIpc) is 3.47. The van der Waals surface area contributed by atoms with Crippen LogP contribution in [0.15, 0.2) is 0 Å². The Balaban J connectivity index is 3.84. The first kappa shape index (κ1) is 79.4. The third kappa shape index (κ3) is 69.1. The standard InChI is InChI=1S/C75H146O6/c1-4-7-10-13-15-17-19-21-23-25-27-29-31-33-34-35-36-37-38-39-40-42-43-45-47-49-51-53-55-57-59-62-65-68-74(77)80-71-72(70-79-73(76)67-64-61-12-9-6-3)81-75(78)69-66-63-60-58-56-54-52-50-48-46-44-41-32-30-28-26-24-22-20-18-16-14-11-8-5-2/h72H,4-71H2,1-3H3. The molecule has 0 amide bonds. The van der Waals surface area contributed by atoms with E-state index in [4.69, 9.17) is 14.2 Å². The van der Waals surface area contributed by atoms with Gasteiger partial charge in [0, 0.05) is 19.3 Å². The molecule has 0 heterocycles. The molecule has 6 heteroatoms. The molecule has 0 aliphatic rings. The minimum absolute atomic E-state index is 0.0620. The van der Waals surface area contributed by atoms with Crippen LogP contribution in [0.1, 0.15) is 445 Å². The summed E-state index contributed by atoms with van der Waals surface area (Å²) in [6.07, 6.45) is 85.1. The van der Waals surface area contributed by atoms with Gasteiger partial charge < -0.3 is 14.2 Å². The van der Waals surface area contributed by atoms with E-state index >= 15 is 0 Å². The molecular formula is C75H146O6. The second kappa shape index (κ2) is 70.9. The van der Waals surface area contributed by atoms with Crippen LogP contribution in [-0.4, -0.2) is 37.2 Å². The summed E-state index contributed by atoms with van der Waals surface area (Å²) < 4.78 is 16.8. The maximum Gasteiger partial charge on any atom is 0.306 e. The first-order chi connectivity index (χ1) is 40.0. The van der Waals surface area contributed by atoms with Crippen LogP contribution in [0.2, 0.25) is 0 Å². The van der Waals surface area contributed by atoms with Gasteiger partial charge >= 0.3 is 17.9 Å². The van der Waals surface area contributed by atoms with E-state index in [1.165, 1.54) is 340 Å². The molecular weight excluding hydrogens is 997 g/mol. The van der Waals surface area contributed by atoms with Crippen molar-refractivity contribution in [2.75, 3.05) is 13.2 Å². The maximum atomic E-state index is 12.9. The van der Waals surface area contributed by atoms with Crippen molar-refractivity contribution in [3.05, 3.63) is 0 Å². The molecule has 0 N–H and O–H groups in total. The van der Waals surface area contributed by atoms with E-state index in [1.54, 1.807) is 0 Å². The van der Waals surface area contributed by atoms with E-state index in [0.29, 0.717) is 19.3 Å². The topological polar surface area (TPSA) is 78.9 Å². The van der Waals surface area contributed by atoms with Crippen LogP contribution in [0.5, 0.6) is 0 Å². The van der Waals surface area contributed by atoms with E-state index < -0.39 is 6.10 Å². The summed E-state index contributed by atoms with van der Waals surface area (Å²) in [5.41, 5.74) is 0. The first-order valence-corrected chi connectivity index (χ1v) is 37.5. The van der Waals surface area contributed by atoms with Gasteiger partial charge in [-0.3, -0.25) is 14.4 Å². The Labute approximate surface area is 508 Å². The number of unbranched alkanes of at least 4 members (excludes halogenated alkanes) is 60. The smallest absolute Gasteiger partial charge is 0.306 e. The molecule has 0 aliphatic heterocycles. The number of hydrogen-bond donors (Lipinski definition) is 0. The van der Waals surface area contributed by atoms with Crippen molar-refractivity contribution in [3.8, 4) is 0 Å². The molecule has 0 saturated carbocycles. The molecule has 0 aromatic carbocycles. The number of hydrogen-bond acceptors (Lipinski definition) is 6. The number of ether oxygens (including phenoxy) is 3. The second-order valence-electron chi connectivity index (χ2n) is 25.9. The van der Waals surface area contributed by atoms with Crippen molar-refractivity contribution < 1.29 is 28.6 Å². The van der Waals surface area contributed by atoms with Gasteiger partial charge in [0.1, 0.15) is 13.2 Å². The molecule has 1 atom stereocenters. The van der Waals surface area contributed by atoms with Crippen molar-refractivity contribution in [2.45, 2.75) is 451 Å². The van der Waals surface area contributed by atoms with Gasteiger partial charge in [0.15, 0.2) is 6.10 Å². The lowest BCUT2D eigenvalue weighted by Crippen LogP contribution is -2.30. The molecule has 0 bridgehead atoms. The van der Waals surface area contributed by atoms with Gasteiger partial charge in [0.25, 0.3) is 0 Å². The molecule has 0 aromatic heterocycles. The Bertz CT molecular complexity index is 1220. The number of esters is 3. The van der Waals surface area contributed by atoms with Crippen LogP contribution < -0.4 is 0 Å². The summed E-state index contributed by atoms with van der Waals surface area (Å²) in [5, 5.41) is 0. The Kier molecular flexibility index (Phi) is 69.5. The van der Waals surface area contributed by atoms with E-state index in [1.807, 2.05) is 0 Å². The van der Waals surface area contributed by atoms with E-state index in [0.717, 1.165) is 64.2 Å². The van der Waals surface area contributed by atoms with Crippen LogP contribution in [0, 0.1) is 0 Å². The summed E-state index contributed by atoms with van der Waals surface area (Å²) in [7, 11) is 0. The third-order valence-corrected chi connectivity index (χ3v) is 17.6. The molecule has 0 aliphatic carbocycles. The summed E-state index contributed by atoms with van der Waals surface area (Å²) in [5.74, 6) is -0.841. The minimum Gasteiger partial charge on any atom is -0.462 e. The highest BCUT2D eigenvalue weighted by Crippen LogP contribution is 2.20. The molecule has 0 saturated heterocycles. The van der Waals surface area contributed by atoms with Crippen molar-refractivity contribution in [1.82, 2.24) is 0 Å². The van der Waals surface area contributed by atoms with Crippen molar-refractivity contribution in [2.24, 2.45) is 0 Å². The largest absolute Gasteiger partial charge is 0.462 e. The lowest BCUT2D eigenvalue weighted by Gasteiger charge is -2.18. The molecule has 81 heavy (non-hydrogen) atoms. The Morgan fingerprint density at radius 3 is 0.494 bits per heavy atom. The van der Waals surface area contributed by atoms with Crippen LogP contribution in [0.4, 0.5) is 0 Å². The van der Waals surface area contributed by atoms with Crippen LogP contribution in [0.25, 0.3) is 0 Å². The number of carbonyl (C=O) groups is 3.